The Morgan fingerprint density at radius 1 is 1.56 bits per heavy atom. The number of rotatable bonds is 3. The zero-order valence-corrected chi connectivity index (χ0v) is 9.02. The fourth-order valence-electron chi connectivity index (χ4n) is 1.63. The lowest BCUT2D eigenvalue weighted by Crippen LogP contribution is -2.05. The van der Waals surface area contributed by atoms with Crippen LogP contribution >= 0.6 is 11.3 Å². The average molecular weight is 236 g/mol. The summed E-state index contributed by atoms with van der Waals surface area (Å²) < 4.78 is 1.55. The Morgan fingerprint density at radius 3 is 2.94 bits per heavy atom. The van der Waals surface area contributed by atoms with Gasteiger partial charge in [-0.2, -0.15) is 4.68 Å². The van der Waals surface area contributed by atoms with E-state index in [1.165, 1.54) is 11.3 Å². The van der Waals surface area contributed by atoms with Crippen LogP contribution < -0.4 is 0 Å². The minimum absolute atomic E-state index is 0.0534. The summed E-state index contributed by atoms with van der Waals surface area (Å²) in [5, 5.41) is 19.1. The molecule has 0 atom stereocenters. The minimum Gasteiger partial charge on any atom is -0.476 e. The molecule has 0 unspecified atom stereocenters. The smallest absolute Gasteiger partial charge is 0.358 e. The molecule has 82 valence electrons. The van der Waals surface area contributed by atoms with Gasteiger partial charge >= 0.3 is 5.97 Å². The molecule has 1 aliphatic carbocycles. The van der Waals surface area contributed by atoms with Gasteiger partial charge in [-0.1, -0.05) is 5.21 Å². The van der Waals surface area contributed by atoms with Gasteiger partial charge in [0.1, 0.15) is 0 Å². The highest BCUT2D eigenvalue weighted by atomic mass is 32.1. The Kier molecular flexibility index (Phi) is 2.00. The van der Waals surface area contributed by atoms with E-state index in [9.17, 15) is 4.79 Å². The van der Waals surface area contributed by atoms with Crippen molar-refractivity contribution in [2.45, 2.75) is 18.8 Å². The summed E-state index contributed by atoms with van der Waals surface area (Å²) in [5.41, 5.74) is 0.736. The second-order valence-corrected chi connectivity index (χ2v) is 4.50. The van der Waals surface area contributed by atoms with Crippen molar-refractivity contribution in [1.29, 1.82) is 0 Å². The summed E-state index contributed by atoms with van der Waals surface area (Å²) in [4.78, 5) is 15.1. The number of carboxylic acids is 1. The van der Waals surface area contributed by atoms with Crippen LogP contribution in [0.3, 0.4) is 0 Å². The largest absolute Gasteiger partial charge is 0.476 e. The molecule has 1 fully saturated rings. The molecule has 0 bridgehead atoms. The van der Waals surface area contributed by atoms with Crippen molar-refractivity contribution in [3.63, 3.8) is 0 Å². The third-order valence-electron chi connectivity index (χ3n) is 2.47. The zero-order chi connectivity index (χ0) is 11.1. The second-order valence-electron chi connectivity index (χ2n) is 3.63. The molecule has 2 heterocycles. The zero-order valence-electron chi connectivity index (χ0n) is 8.20. The normalized spacial score (nSPS) is 15.2. The average Bonchev–Trinajstić information content (AvgIpc) is 2.82. The van der Waals surface area contributed by atoms with E-state index < -0.39 is 5.97 Å². The molecule has 2 aromatic heterocycles. The molecule has 0 amide bonds. The van der Waals surface area contributed by atoms with Crippen LogP contribution in [-0.2, 0) is 0 Å². The van der Waals surface area contributed by atoms with E-state index in [1.54, 1.807) is 10.9 Å². The van der Waals surface area contributed by atoms with Crippen LogP contribution in [0.15, 0.2) is 11.6 Å². The number of hydrogen-bond donors (Lipinski definition) is 1. The van der Waals surface area contributed by atoms with E-state index in [-0.39, 0.29) is 11.6 Å². The molecule has 1 N–H and O–H groups in total. The highest BCUT2D eigenvalue weighted by molar-refractivity contribution is 7.12. The first-order valence-electron chi connectivity index (χ1n) is 4.86. The summed E-state index contributed by atoms with van der Waals surface area (Å²) in [6.07, 6.45) is 3.66. The van der Waals surface area contributed by atoms with Gasteiger partial charge in [-0.25, -0.2) is 9.78 Å². The van der Waals surface area contributed by atoms with Crippen LogP contribution in [0.25, 0.3) is 5.13 Å². The first-order chi connectivity index (χ1) is 7.77. The van der Waals surface area contributed by atoms with Crippen molar-refractivity contribution in [2.75, 3.05) is 0 Å². The quantitative estimate of drug-likeness (QED) is 0.868. The van der Waals surface area contributed by atoms with Gasteiger partial charge in [0, 0.05) is 17.5 Å². The summed E-state index contributed by atoms with van der Waals surface area (Å²) in [6, 6.07) is 0. The third-order valence-corrected chi connectivity index (χ3v) is 3.22. The topological polar surface area (TPSA) is 80.9 Å². The summed E-state index contributed by atoms with van der Waals surface area (Å²) in [7, 11) is 0. The Labute approximate surface area is 94.6 Å². The Hall–Kier alpha value is -1.76. The maximum atomic E-state index is 11.0. The first-order valence-corrected chi connectivity index (χ1v) is 5.74. The standard InChI is InChI=1S/C9H8N4O2S/c14-8(15)6-7(5-1-2-5)13(12-11-6)9-10-3-4-16-9/h3-5H,1-2H2,(H,14,15). The van der Waals surface area contributed by atoms with Crippen molar-refractivity contribution < 1.29 is 9.90 Å². The Balaban J connectivity index is 2.15. The Morgan fingerprint density at radius 2 is 2.38 bits per heavy atom. The number of carboxylic acid groups (broad SMARTS) is 1. The maximum absolute atomic E-state index is 11.0. The number of carbonyl (C=O) groups is 1. The van der Waals surface area contributed by atoms with Gasteiger partial charge in [0.2, 0.25) is 5.13 Å². The van der Waals surface area contributed by atoms with E-state index in [1.807, 2.05) is 5.38 Å². The van der Waals surface area contributed by atoms with Crippen molar-refractivity contribution in [3.8, 4) is 5.13 Å². The molecule has 0 aliphatic heterocycles. The SMILES string of the molecule is O=C(O)c1nnn(-c2nccs2)c1C1CC1. The van der Waals surface area contributed by atoms with Crippen LogP contribution in [0.2, 0.25) is 0 Å². The fraction of sp³-hybridized carbons (Fsp3) is 0.333. The molecule has 0 saturated heterocycles. The number of aromatic carboxylic acids is 1. The molecule has 1 aliphatic rings. The monoisotopic (exact) mass is 236 g/mol. The number of nitrogens with zero attached hydrogens (tertiary/aromatic N) is 4. The number of thiazole rings is 1. The number of aromatic nitrogens is 4. The van der Waals surface area contributed by atoms with Crippen LogP contribution in [0.4, 0.5) is 0 Å². The predicted molar refractivity (Wildman–Crippen MR) is 56.0 cm³/mol. The van der Waals surface area contributed by atoms with Gasteiger partial charge in [-0.3, -0.25) is 0 Å². The van der Waals surface area contributed by atoms with Crippen LogP contribution in [0, 0.1) is 0 Å². The maximum Gasteiger partial charge on any atom is 0.358 e. The minimum atomic E-state index is -1.02. The van der Waals surface area contributed by atoms with E-state index in [2.05, 4.69) is 15.3 Å². The molecular weight excluding hydrogens is 228 g/mol. The summed E-state index contributed by atoms with van der Waals surface area (Å²) >= 11 is 1.42. The Bertz CT molecular complexity index is 530. The lowest BCUT2D eigenvalue weighted by Gasteiger charge is -2.00. The van der Waals surface area contributed by atoms with Gasteiger partial charge in [-0.15, -0.1) is 16.4 Å². The van der Waals surface area contributed by atoms with Gasteiger partial charge in [0.25, 0.3) is 0 Å². The van der Waals surface area contributed by atoms with Crippen LogP contribution in [0.5, 0.6) is 0 Å². The fourth-order valence-corrected chi connectivity index (χ4v) is 2.23. The van der Waals surface area contributed by atoms with Crippen molar-refractivity contribution in [3.05, 3.63) is 23.0 Å². The lowest BCUT2D eigenvalue weighted by molar-refractivity contribution is 0.0689. The molecule has 1 saturated carbocycles. The molecule has 16 heavy (non-hydrogen) atoms. The van der Waals surface area contributed by atoms with Crippen molar-refractivity contribution in [2.24, 2.45) is 0 Å². The van der Waals surface area contributed by atoms with E-state index in [0.717, 1.165) is 12.8 Å². The first kappa shape index (κ1) is 9.46. The molecule has 2 aromatic rings. The molecule has 7 heteroatoms. The van der Waals surface area contributed by atoms with Crippen molar-refractivity contribution in [1.82, 2.24) is 20.0 Å². The van der Waals surface area contributed by atoms with E-state index in [0.29, 0.717) is 10.8 Å². The summed E-state index contributed by atoms with van der Waals surface area (Å²) in [5.74, 6) is -0.755. The predicted octanol–water partition coefficient (Wildman–Crippen LogP) is 1.30. The van der Waals surface area contributed by atoms with Crippen LogP contribution in [-0.4, -0.2) is 31.1 Å². The molecular formula is C9H8N4O2S. The molecule has 0 spiro atoms. The molecule has 0 aromatic carbocycles. The summed E-state index contributed by atoms with van der Waals surface area (Å²) in [6.45, 7) is 0. The second kappa shape index (κ2) is 3.38. The van der Waals surface area contributed by atoms with E-state index >= 15 is 0 Å². The van der Waals surface area contributed by atoms with Gasteiger partial charge < -0.3 is 5.11 Å². The lowest BCUT2D eigenvalue weighted by atomic mass is 10.2. The van der Waals surface area contributed by atoms with Gasteiger partial charge in [-0.05, 0) is 12.8 Å². The number of hydrogen-bond acceptors (Lipinski definition) is 5. The van der Waals surface area contributed by atoms with Gasteiger partial charge in [0.15, 0.2) is 5.69 Å². The highest BCUT2D eigenvalue weighted by Crippen LogP contribution is 2.42. The van der Waals surface area contributed by atoms with Gasteiger partial charge in [0.05, 0.1) is 5.69 Å². The van der Waals surface area contributed by atoms with Crippen molar-refractivity contribution >= 4 is 17.3 Å². The molecule has 0 radical (unpaired) electrons. The third kappa shape index (κ3) is 1.40. The highest BCUT2D eigenvalue weighted by Gasteiger charge is 2.34. The van der Waals surface area contributed by atoms with E-state index in [4.69, 9.17) is 5.11 Å². The van der Waals surface area contributed by atoms with Crippen LogP contribution in [0.1, 0.15) is 34.9 Å². The molecule has 3 rings (SSSR count). The molecule has 6 nitrogen and oxygen atoms in total.